The van der Waals surface area contributed by atoms with Gasteiger partial charge in [0.25, 0.3) is 0 Å². The number of nitrogens with zero attached hydrogens (tertiary/aromatic N) is 1. The van der Waals surface area contributed by atoms with Crippen LogP contribution in [-0.4, -0.2) is 30.1 Å². The molecule has 110 valence electrons. The summed E-state index contributed by atoms with van der Waals surface area (Å²) < 4.78 is 13.6. The lowest BCUT2D eigenvalue weighted by Crippen LogP contribution is -2.61. The second kappa shape index (κ2) is 6.00. The van der Waals surface area contributed by atoms with E-state index in [4.69, 9.17) is 11.6 Å². The molecule has 1 heterocycles. The zero-order valence-corrected chi connectivity index (χ0v) is 12.6. The van der Waals surface area contributed by atoms with E-state index < -0.39 is 0 Å². The van der Waals surface area contributed by atoms with Crippen LogP contribution in [0.1, 0.15) is 37.7 Å². The summed E-state index contributed by atoms with van der Waals surface area (Å²) in [6.45, 7) is 3.97. The highest BCUT2D eigenvalue weighted by Gasteiger charge is 2.39. The van der Waals surface area contributed by atoms with Gasteiger partial charge >= 0.3 is 0 Å². The molecule has 1 aliphatic carbocycles. The zero-order chi connectivity index (χ0) is 14.0. The lowest BCUT2D eigenvalue weighted by molar-refractivity contribution is 0.0208. The van der Waals surface area contributed by atoms with Crippen molar-refractivity contribution in [2.24, 2.45) is 0 Å². The van der Waals surface area contributed by atoms with Crippen molar-refractivity contribution in [2.75, 3.05) is 19.6 Å². The molecule has 0 bridgehead atoms. The lowest BCUT2D eigenvalue weighted by atomic mass is 9.79. The molecule has 0 amide bonds. The predicted octanol–water partition coefficient (Wildman–Crippen LogP) is 3.59. The molecule has 1 spiro atoms. The summed E-state index contributed by atoms with van der Waals surface area (Å²) in [7, 11) is 0. The molecule has 1 saturated heterocycles. The fraction of sp³-hybridized carbons (Fsp3) is 0.625. The smallest absolute Gasteiger partial charge is 0.142 e. The first-order chi connectivity index (χ1) is 9.70. The minimum absolute atomic E-state index is 0.210. The summed E-state index contributed by atoms with van der Waals surface area (Å²) >= 11 is 5.77. The Hall–Kier alpha value is -0.640. The van der Waals surface area contributed by atoms with Gasteiger partial charge in [-0.1, -0.05) is 36.9 Å². The SMILES string of the molecule is Fc1cc(CN2CCNCC23CCCCC3)ccc1Cl. The van der Waals surface area contributed by atoms with Crippen LogP contribution in [0.15, 0.2) is 18.2 Å². The second-order valence-corrected chi connectivity index (χ2v) is 6.54. The molecule has 1 aliphatic heterocycles. The van der Waals surface area contributed by atoms with Crippen LogP contribution in [0.4, 0.5) is 4.39 Å². The molecule has 1 saturated carbocycles. The molecule has 20 heavy (non-hydrogen) atoms. The molecule has 2 nitrogen and oxygen atoms in total. The van der Waals surface area contributed by atoms with E-state index in [0.717, 1.165) is 31.7 Å². The average molecular weight is 297 g/mol. The number of benzene rings is 1. The Morgan fingerprint density at radius 3 is 2.80 bits per heavy atom. The van der Waals surface area contributed by atoms with Crippen LogP contribution in [0.5, 0.6) is 0 Å². The van der Waals surface area contributed by atoms with Crippen molar-refractivity contribution in [1.82, 2.24) is 10.2 Å². The van der Waals surface area contributed by atoms with Gasteiger partial charge in [-0.3, -0.25) is 4.90 Å². The maximum atomic E-state index is 13.6. The van der Waals surface area contributed by atoms with E-state index in [-0.39, 0.29) is 16.4 Å². The van der Waals surface area contributed by atoms with Crippen LogP contribution in [0, 0.1) is 5.82 Å². The number of hydrogen-bond acceptors (Lipinski definition) is 2. The Kier molecular flexibility index (Phi) is 4.29. The summed E-state index contributed by atoms with van der Waals surface area (Å²) in [4.78, 5) is 2.56. The third kappa shape index (κ3) is 2.85. The number of rotatable bonds is 2. The van der Waals surface area contributed by atoms with E-state index in [1.54, 1.807) is 12.1 Å². The van der Waals surface area contributed by atoms with Gasteiger partial charge in [0.05, 0.1) is 5.02 Å². The molecular weight excluding hydrogens is 275 g/mol. The molecule has 0 atom stereocenters. The molecule has 4 heteroatoms. The fourth-order valence-electron chi connectivity index (χ4n) is 3.69. The number of nitrogens with one attached hydrogen (secondary N) is 1. The average Bonchev–Trinajstić information content (AvgIpc) is 2.47. The minimum Gasteiger partial charge on any atom is -0.314 e. The summed E-state index contributed by atoms with van der Waals surface area (Å²) in [6, 6.07) is 5.20. The predicted molar refractivity (Wildman–Crippen MR) is 80.5 cm³/mol. The molecule has 1 aromatic rings. The monoisotopic (exact) mass is 296 g/mol. The summed E-state index contributed by atoms with van der Waals surface area (Å²) in [5.41, 5.74) is 1.31. The topological polar surface area (TPSA) is 15.3 Å². The van der Waals surface area contributed by atoms with Gasteiger partial charge in [-0.15, -0.1) is 0 Å². The van der Waals surface area contributed by atoms with Crippen LogP contribution in [0.25, 0.3) is 0 Å². The molecule has 0 radical (unpaired) electrons. The Labute approximate surface area is 125 Å². The first-order valence-corrected chi connectivity index (χ1v) is 7.97. The van der Waals surface area contributed by atoms with Crippen molar-refractivity contribution in [3.63, 3.8) is 0 Å². The van der Waals surface area contributed by atoms with Crippen LogP contribution < -0.4 is 5.32 Å². The number of halogens is 2. The summed E-state index contributed by atoms with van der Waals surface area (Å²) in [5, 5.41) is 3.75. The van der Waals surface area contributed by atoms with E-state index in [0.29, 0.717) is 0 Å². The first kappa shape index (κ1) is 14.3. The maximum Gasteiger partial charge on any atom is 0.142 e. The van der Waals surface area contributed by atoms with Crippen molar-refractivity contribution in [3.05, 3.63) is 34.6 Å². The van der Waals surface area contributed by atoms with E-state index in [9.17, 15) is 4.39 Å². The third-order valence-electron chi connectivity index (χ3n) is 4.83. The van der Waals surface area contributed by atoms with Gasteiger partial charge in [0.15, 0.2) is 0 Å². The van der Waals surface area contributed by atoms with E-state index in [1.165, 1.54) is 32.1 Å². The largest absolute Gasteiger partial charge is 0.314 e. The molecule has 0 aromatic heterocycles. The van der Waals surface area contributed by atoms with E-state index in [2.05, 4.69) is 10.2 Å². The molecule has 3 rings (SSSR count). The van der Waals surface area contributed by atoms with Crippen LogP contribution in [-0.2, 0) is 6.54 Å². The van der Waals surface area contributed by atoms with Crippen LogP contribution in [0.2, 0.25) is 5.02 Å². The molecule has 1 N–H and O–H groups in total. The summed E-state index contributed by atoms with van der Waals surface area (Å²) in [6.07, 6.45) is 6.50. The highest BCUT2D eigenvalue weighted by molar-refractivity contribution is 6.30. The van der Waals surface area contributed by atoms with Gasteiger partial charge in [0.1, 0.15) is 5.82 Å². The first-order valence-electron chi connectivity index (χ1n) is 7.59. The van der Waals surface area contributed by atoms with Gasteiger partial charge in [-0.2, -0.15) is 0 Å². The Morgan fingerprint density at radius 1 is 1.25 bits per heavy atom. The van der Waals surface area contributed by atoms with E-state index >= 15 is 0 Å². The Balaban J connectivity index is 1.77. The lowest BCUT2D eigenvalue weighted by Gasteiger charge is -2.50. The molecule has 1 aromatic carbocycles. The quantitative estimate of drug-likeness (QED) is 0.897. The summed E-state index contributed by atoms with van der Waals surface area (Å²) in [5.74, 6) is -0.308. The van der Waals surface area contributed by atoms with Crippen molar-refractivity contribution in [1.29, 1.82) is 0 Å². The highest BCUT2D eigenvalue weighted by atomic mass is 35.5. The fourth-order valence-corrected chi connectivity index (χ4v) is 3.81. The van der Waals surface area contributed by atoms with E-state index in [1.807, 2.05) is 6.07 Å². The highest BCUT2D eigenvalue weighted by Crippen LogP contribution is 2.35. The van der Waals surface area contributed by atoms with Crippen LogP contribution >= 0.6 is 11.6 Å². The van der Waals surface area contributed by atoms with Crippen molar-refractivity contribution in [3.8, 4) is 0 Å². The molecule has 2 fully saturated rings. The maximum absolute atomic E-state index is 13.6. The Morgan fingerprint density at radius 2 is 2.05 bits per heavy atom. The second-order valence-electron chi connectivity index (χ2n) is 6.13. The molecule has 0 unspecified atom stereocenters. The standard InChI is InChI=1S/C16H22ClFN2/c17-14-5-4-13(10-15(14)18)11-20-9-8-19-12-16(20)6-2-1-3-7-16/h4-5,10,19H,1-3,6-9,11-12H2. The number of piperazine rings is 1. The van der Waals surface area contributed by atoms with Crippen molar-refractivity contribution in [2.45, 2.75) is 44.2 Å². The minimum atomic E-state index is -0.308. The zero-order valence-electron chi connectivity index (χ0n) is 11.8. The van der Waals surface area contributed by atoms with Crippen LogP contribution in [0.3, 0.4) is 0 Å². The normalized spacial score (nSPS) is 23.1. The van der Waals surface area contributed by atoms with Gasteiger partial charge < -0.3 is 5.32 Å². The third-order valence-corrected chi connectivity index (χ3v) is 5.13. The Bertz CT molecular complexity index is 463. The van der Waals surface area contributed by atoms with Crippen molar-refractivity contribution < 1.29 is 4.39 Å². The van der Waals surface area contributed by atoms with Gasteiger partial charge in [0, 0.05) is 31.7 Å². The molecular formula is C16H22ClFN2. The van der Waals surface area contributed by atoms with Gasteiger partial charge in [0.2, 0.25) is 0 Å². The van der Waals surface area contributed by atoms with Gasteiger partial charge in [-0.05, 0) is 30.5 Å². The van der Waals surface area contributed by atoms with Crippen molar-refractivity contribution >= 4 is 11.6 Å². The molecule has 2 aliphatic rings. The van der Waals surface area contributed by atoms with Gasteiger partial charge in [-0.25, -0.2) is 4.39 Å². The number of hydrogen-bond donors (Lipinski definition) is 1.